The van der Waals surface area contributed by atoms with Crippen molar-refractivity contribution in [3.8, 4) is 17.2 Å². The summed E-state index contributed by atoms with van der Waals surface area (Å²) in [6.45, 7) is 2.42. The van der Waals surface area contributed by atoms with Crippen LogP contribution in [0.2, 0.25) is 0 Å². The van der Waals surface area contributed by atoms with Gasteiger partial charge in [-0.25, -0.2) is 4.79 Å². The van der Waals surface area contributed by atoms with Crippen LogP contribution in [0.15, 0.2) is 91.0 Å². The highest BCUT2D eigenvalue weighted by molar-refractivity contribution is 6.07. The smallest absolute Gasteiger partial charge is 0.430 e. The monoisotopic (exact) mass is 780 g/mol. The first kappa shape index (κ1) is 39.9. The number of nitrogens with one attached hydrogen (secondary N) is 1. The summed E-state index contributed by atoms with van der Waals surface area (Å²) in [4.78, 5) is 28.0. The van der Waals surface area contributed by atoms with Gasteiger partial charge in [0.15, 0.2) is 11.5 Å². The maximum atomic E-state index is 14.2. The van der Waals surface area contributed by atoms with Gasteiger partial charge in [0.25, 0.3) is 11.5 Å². The van der Waals surface area contributed by atoms with Gasteiger partial charge in [-0.15, -0.1) is 0 Å². The number of ether oxygens (including phenoxy) is 3. The summed E-state index contributed by atoms with van der Waals surface area (Å²) in [5, 5.41) is 13.3. The maximum Gasteiger partial charge on any atom is 0.430 e. The van der Waals surface area contributed by atoms with E-state index in [1.165, 1.54) is 24.3 Å². The second kappa shape index (κ2) is 16.1. The molecule has 0 spiro atoms. The molecular weight excluding hydrogens is 742 g/mol. The number of carbonyl (C=O) groups is 2. The molecule has 1 fully saturated rings. The number of urea groups is 1. The molecule has 1 unspecified atom stereocenters. The minimum absolute atomic E-state index is 0.00496. The van der Waals surface area contributed by atoms with E-state index in [-0.39, 0.29) is 49.3 Å². The average molecular weight is 781 g/mol. The van der Waals surface area contributed by atoms with Crippen molar-refractivity contribution in [3.63, 3.8) is 0 Å². The lowest BCUT2D eigenvalue weighted by Gasteiger charge is -2.33. The molecule has 0 aromatic heterocycles. The molecule has 0 saturated carbocycles. The molecule has 14 heteroatoms. The van der Waals surface area contributed by atoms with Crippen LogP contribution in [0, 0.1) is 0 Å². The summed E-state index contributed by atoms with van der Waals surface area (Å²) >= 11 is 0. The molecule has 2 aliphatic heterocycles. The number of imide groups is 1. The van der Waals surface area contributed by atoms with E-state index >= 15 is 0 Å². The van der Waals surface area contributed by atoms with E-state index in [9.17, 15) is 41.0 Å². The summed E-state index contributed by atoms with van der Waals surface area (Å²) < 4.78 is 102. The molecule has 8 nitrogen and oxygen atoms in total. The third-order valence-electron chi connectivity index (χ3n) is 9.66. The van der Waals surface area contributed by atoms with Crippen LogP contribution in [0.5, 0.6) is 17.2 Å². The number of nitrogens with zero attached hydrogens (tertiary/aromatic N) is 1. The molecule has 2 aliphatic rings. The van der Waals surface area contributed by atoms with Crippen molar-refractivity contribution in [2.45, 2.75) is 49.7 Å². The molecule has 1 saturated heterocycles. The molecule has 3 amide bonds. The van der Waals surface area contributed by atoms with Gasteiger partial charge in [0.2, 0.25) is 0 Å². The number of benzene rings is 4. The van der Waals surface area contributed by atoms with Gasteiger partial charge < -0.3 is 24.6 Å². The largest absolute Gasteiger partial charge is 0.492 e. The second-order valence-corrected chi connectivity index (χ2v) is 13.2. The number of halogens is 6. The SMILES string of the molecule is CCC1(c2ccc3c(c2)OCCO3)NC(=O)N(CCCCOc2c(/C=C/c3ccccc3)cc(C(O)(C(F)(F)F)C(F)(F)F)cc2/C=C/c2ccccc2)C1=O. The third-order valence-corrected chi connectivity index (χ3v) is 9.66. The predicted molar refractivity (Wildman–Crippen MR) is 198 cm³/mol. The number of rotatable bonds is 13. The van der Waals surface area contributed by atoms with Gasteiger partial charge >= 0.3 is 18.4 Å². The first-order valence-electron chi connectivity index (χ1n) is 17.9. The van der Waals surface area contributed by atoms with E-state index in [0.29, 0.717) is 53.5 Å². The lowest BCUT2D eigenvalue weighted by atomic mass is 9.87. The van der Waals surface area contributed by atoms with Gasteiger partial charge in [-0.3, -0.25) is 9.69 Å². The van der Waals surface area contributed by atoms with Crippen LogP contribution in [0.1, 0.15) is 59.6 Å². The van der Waals surface area contributed by atoms with Crippen LogP contribution in [-0.2, 0) is 15.9 Å². The second-order valence-electron chi connectivity index (χ2n) is 13.2. The van der Waals surface area contributed by atoms with Crippen LogP contribution in [0.4, 0.5) is 31.1 Å². The van der Waals surface area contributed by atoms with Crippen LogP contribution in [0.3, 0.4) is 0 Å². The van der Waals surface area contributed by atoms with Crippen molar-refractivity contribution in [2.24, 2.45) is 0 Å². The number of aliphatic hydroxyl groups is 1. The Morgan fingerprint density at radius 3 is 1.86 bits per heavy atom. The average Bonchev–Trinajstić information content (AvgIpc) is 3.44. The van der Waals surface area contributed by atoms with Crippen molar-refractivity contribution in [3.05, 3.63) is 124 Å². The normalized spacial score (nSPS) is 17.5. The van der Waals surface area contributed by atoms with E-state index in [1.54, 1.807) is 85.8 Å². The number of unbranched alkanes of at least 4 members (excludes halogenated alkanes) is 1. The zero-order valence-corrected chi connectivity index (χ0v) is 30.1. The Labute approximate surface area is 319 Å². The molecule has 1 atom stereocenters. The van der Waals surface area contributed by atoms with Crippen LogP contribution in [-0.4, -0.2) is 60.7 Å². The van der Waals surface area contributed by atoms with Crippen molar-refractivity contribution in [1.29, 1.82) is 0 Å². The molecule has 2 heterocycles. The van der Waals surface area contributed by atoms with Crippen molar-refractivity contribution < 1.29 is 55.2 Å². The number of hydrogen-bond donors (Lipinski definition) is 2. The molecule has 0 radical (unpaired) electrons. The summed E-state index contributed by atoms with van der Waals surface area (Å²) in [7, 11) is 0. The Balaban J connectivity index is 1.27. The zero-order chi connectivity index (χ0) is 40.1. The van der Waals surface area contributed by atoms with E-state index in [0.717, 1.165) is 4.90 Å². The van der Waals surface area contributed by atoms with Crippen LogP contribution in [0.25, 0.3) is 24.3 Å². The molecule has 294 valence electrons. The molecule has 4 aromatic carbocycles. The summed E-state index contributed by atoms with van der Waals surface area (Å²) in [6.07, 6.45) is -5.87. The number of fused-ring (bicyclic) bond motifs is 1. The Morgan fingerprint density at radius 2 is 1.32 bits per heavy atom. The molecular formula is C42H38F6N2O6. The predicted octanol–water partition coefficient (Wildman–Crippen LogP) is 9.13. The van der Waals surface area contributed by atoms with Crippen molar-refractivity contribution >= 4 is 36.2 Å². The van der Waals surface area contributed by atoms with E-state index < -0.39 is 41.0 Å². The molecule has 4 aromatic rings. The molecule has 0 aliphatic carbocycles. The van der Waals surface area contributed by atoms with Gasteiger partial charge in [-0.05, 0) is 60.2 Å². The fourth-order valence-electron chi connectivity index (χ4n) is 6.61. The van der Waals surface area contributed by atoms with Gasteiger partial charge in [-0.2, -0.15) is 26.3 Å². The van der Waals surface area contributed by atoms with Crippen molar-refractivity contribution in [2.75, 3.05) is 26.4 Å². The lowest BCUT2D eigenvalue weighted by molar-refractivity contribution is -0.376. The van der Waals surface area contributed by atoms with E-state index in [1.807, 2.05) is 0 Å². The van der Waals surface area contributed by atoms with Gasteiger partial charge in [0, 0.05) is 23.2 Å². The standard InChI is InChI=1S/C42H38F6N2O6/c1-2-39(32-19-20-34-35(27-32)55-24-23-54-34)37(51)50(38(52)49-39)21-9-10-22-56-36-30(17-15-28-11-5-3-6-12-28)25-33(40(53,41(43,44)45)42(46,47)48)26-31(36)18-16-29-13-7-4-8-14-29/h3-8,11-20,25-27,53H,2,9-10,21-24H2,1H3,(H,49,52)/b17-15+,18-16+. The van der Waals surface area contributed by atoms with Gasteiger partial charge in [-0.1, -0.05) is 98.0 Å². The first-order valence-corrected chi connectivity index (χ1v) is 17.9. The Morgan fingerprint density at radius 1 is 0.768 bits per heavy atom. The van der Waals surface area contributed by atoms with Gasteiger partial charge in [0.05, 0.1) is 6.61 Å². The minimum Gasteiger partial charge on any atom is -0.492 e. The molecule has 0 bridgehead atoms. The molecule has 2 N–H and O–H groups in total. The van der Waals surface area contributed by atoms with Gasteiger partial charge in [0.1, 0.15) is 24.5 Å². The number of alkyl halides is 6. The lowest BCUT2D eigenvalue weighted by Crippen LogP contribution is -2.54. The van der Waals surface area contributed by atoms with Crippen LogP contribution >= 0.6 is 0 Å². The quantitative estimate of drug-likeness (QED) is 0.0609. The Kier molecular flexibility index (Phi) is 11.5. The Hall–Kier alpha value is -5.76. The van der Waals surface area contributed by atoms with Crippen molar-refractivity contribution in [1.82, 2.24) is 10.2 Å². The summed E-state index contributed by atoms with van der Waals surface area (Å²) in [5.41, 5.74) is -6.56. The third kappa shape index (κ3) is 7.97. The van der Waals surface area contributed by atoms with Crippen LogP contribution < -0.4 is 19.5 Å². The fourth-order valence-corrected chi connectivity index (χ4v) is 6.61. The minimum atomic E-state index is -6.12. The highest BCUT2D eigenvalue weighted by atomic mass is 19.4. The molecule has 56 heavy (non-hydrogen) atoms. The van der Waals surface area contributed by atoms with E-state index in [2.05, 4.69) is 5.32 Å². The maximum absolute atomic E-state index is 14.2. The number of carbonyl (C=O) groups excluding carboxylic acids is 2. The molecule has 6 rings (SSSR count). The summed E-state index contributed by atoms with van der Waals surface area (Å²) in [5.74, 6) is 0.494. The zero-order valence-electron chi connectivity index (χ0n) is 30.1. The number of hydrogen-bond acceptors (Lipinski definition) is 6. The fraction of sp³-hybridized carbons (Fsp3) is 0.286. The number of amides is 3. The topological polar surface area (TPSA) is 97.3 Å². The summed E-state index contributed by atoms with van der Waals surface area (Å²) in [6, 6.07) is 22.8. The highest BCUT2D eigenvalue weighted by Crippen LogP contribution is 2.51. The Bertz CT molecular complexity index is 2020. The van der Waals surface area contributed by atoms with E-state index in [4.69, 9.17) is 14.2 Å². The highest BCUT2D eigenvalue weighted by Gasteiger charge is 2.71. The first-order chi connectivity index (χ1) is 26.7.